The number of aromatic nitrogens is 3. The van der Waals surface area contributed by atoms with E-state index in [0.29, 0.717) is 11.7 Å². The molecule has 0 spiro atoms. The van der Waals surface area contributed by atoms with Crippen molar-refractivity contribution in [1.29, 1.82) is 0 Å². The van der Waals surface area contributed by atoms with Crippen LogP contribution in [0.15, 0.2) is 5.16 Å². The van der Waals surface area contributed by atoms with Crippen molar-refractivity contribution in [2.24, 2.45) is 7.05 Å². The molecule has 0 radical (unpaired) electrons. The third kappa shape index (κ3) is 3.98. The summed E-state index contributed by atoms with van der Waals surface area (Å²) in [7, 11) is 2.01. The predicted octanol–water partition coefficient (Wildman–Crippen LogP) is 2.48. The Balaban J connectivity index is 1.93. The maximum Gasteiger partial charge on any atom is 0.230 e. The molecule has 1 fully saturated rings. The highest BCUT2D eigenvalue weighted by Crippen LogP contribution is 2.32. The largest absolute Gasteiger partial charge is 0.353 e. The maximum atomic E-state index is 11.7. The molecule has 1 aromatic rings. The Morgan fingerprint density at radius 2 is 2.05 bits per heavy atom. The van der Waals surface area contributed by atoms with Crippen LogP contribution in [-0.2, 0) is 11.8 Å². The van der Waals surface area contributed by atoms with Crippen molar-refractivity contribution >= 4 is 17.7 Å². The van der Waals surface area contributed by atoms with Gasteiger partial charge in [-0.15, -0.1) is 10.2 Å². The van der Waals surface area contributed by atoms with Crippen LogP contribution in [0.4, 0.5) is 0 Å². The molecule has 0 unspecified atom stereocenters. The lowest BCUT2D eigenvalue weighted by Gasteiger charge is -2.20. The molecule has 0 aromatic carbocycles. The zero-order valence-corrected chi connectivity index (χ0v) is 13.4. The van der Waals surface area contributed by atoms with E-state index >= 15 is 0 Å². The van der Waals surface area contributed by atoms with Crippen LogP contribution in [0, 0.1) is 0 Å². The van der Waals surface area contributed by atoms with Crippen molar-refractivity contribution in [1.82, 2.24) is 20.1 Å². The van der Waals surface area contributed by atoms with Crippen molar-refractivity contribution < 1.29 is 4.79 Å². The number of hydrogen-bond donors (Lipinski definition) is 1. The molecule has 1 amide bonds. The van der Waals surface area contributed by atoms with Crippen molar-refractivity contribution in [3.8, 4) is 0 Å². The third-order valence-electron chi connectivity index (χ3n) is 3.62. The Labute approximate surface area is 124 Å². The summed E-state index contributed by atoms with van der Waals surface area (Å²) in [5, 5.41) is 12.3. The van der Waals surface area contributed by atoms with Gasteiger partial charge >= 0.3 is 0 Å². The van der Waals surface area contributed by atoms with Gasteiger partial charge in [-0.05, 0) is 26.7 Å². The minimum atomic E-state index is 0.0483. The van der Waals surface area contributed by atoms with E-state index in [1.165, 1.54) is 43.9 Å². The highest BCUT2D eigenvalue weighted by molar-refractivity contribution is 7.99. The summed E-state index contributed by atoms with van der Waals surface area (Å²) in [6.45, 7) is 3.93. The molecule has 20 heavy (non-hydrogen) atoms. The van der Waals surface area contributed by atoms with E-state index in [4.69, 9.17) is 0 Å². The number of carbonyl (C=O) groups excluding carboxylic acids is 1. The summed E-state index contributed by atoms with van der Waals surface area (Å²) >= 11 is 1.46. The summed E-state index contributed by atoms with van der Waals surface area (Å²) in [6, 6.07) is 0.181. The molecule has 6 heteroatoms. The number of hydrogen-bond acceptors (Lipinski definition) is 4. The van der Waals surface area contributed by atoms with E-state index < -0.39 is 0 Å². The van der Waals surface area contributed by atoms with Crippen molar-refractivity contribution in [2.75, 3.05) is 5.75 Å². The van der Waals surface area contributed by atoms with Crippen LogP contribution in [0.3, 0.4) is 0 Å². The molecule has 1 heterocycles. The molecule has 0 aliphatic heterocycles. The maximum absolute atomic E-state index is 11.7. The Kier molecular flexibility index (Phi) is 5.46. The van der Waals surface area contributed by atoms with Crippen molar-refractivity contribution in [3.05, 3.63) is 5.82 Å². The van der Waals surface area contributed by atoms with Gasteiger partial charge in [0.2, 0.25) is 5.91 Å². The van der Waals surface area contributed by atoms with Crippen LogP contribution in [0.1, 0.15) is 57.7 Å². The van der Waals surface area contributed by atoms with E-state index in [2.05, 4.69) is 20.1 Å². The summed E-state index contributed by atoms with van der Waals surface area (Å²) < 4.78 is 2.06. The van der Waals surface area contributed by atoms with E-state index in [1.54, 1.807) is 0 Å². The van der Waals surface area contributed by atoms with E-state index in [1.807, 2.05) is 20.9 Å². The first-order chi connectivity index (χ1) is 9.58. The van der Waals surface area contributed by atoms with E-state index in [9.17, 15) is 4.79 Å². The SMILES string of the molecule is CC(C)NC(=O)CSc1nnc(C2CCCCC2)n1C. The van der Waals surface area contributed by atoms with Gasteiger partial charge in [-0.1, -0.05) is 31.0 Å². The second-order valence-electron chi connectivity index (χ2n) is 5.75. The average Bonchev–Trinajstić information content (AvgIpc) is 2.78. The minimum Gasteiger partial charge on any atom is -0.353 e. The zero-order valence-electron chi connectivity index (χ0n) is 12.6. The third-order valence-corrected chi connectivity index (χ3v) is 4.64. The molecule has 1 N–H and O–H groups in total. The molecule has 1 aromatic heterocycles. The molecule has 1 aliphatic carbocycles. The highest BCUT2D eigenvalue weighted by Gasteiger charge is 2.22. The number of nitrogens with one attached hydrogen (secondary N) is 1. The Bertz CT molecular complexity index is 452. The smallest absolute Gasteiger partial charge is 0.230 e. The van der Waals surface area contributed by atoms with Crippen LogP contribution < -0.4 is 5.32 Å². The molecule has 5 nitrogen and oxygen atoms in total. The first-order valence-electron chi connectivity index (χ1n) is 7.39. The van der Waals surface area contributed by atoms with Crippen LogP contribution in [0.5, 0.6) is 0 Å². The summed E-state index contributed by atoms with van der Waals surface area (Å²) in [5.41, 5.74) is 0. The summed E-state index contributed by atoms with van der Waals surface area (Å²) in [4.78, 5) is 11.7. The fourth-order valence-electron chi connectivity index (χ4n) is 2.66. The standard InChI is InChI=1S/C14H24N4OS/c1-10(2)15-12(19)9-20-14-17-16-13(18(14)3)11-7-5-4-6-8-11/h10-11H,4-9H2,1-3H3,(H,15,19). The molecule has 112 valence electrons. The van der Waals surface area contributed by atoms with Crippen molar-refractivity contribution in [3.63, 3.8) is 0 Å². The molecule has 1 saturated carbocycles. The van der Waals surface area contributed by atoms with Gasteiger partial charge in [0.25, 0.3) is 0 Å². The highest BCUT2D eigenvalue weighted by atomic mass is 32.2. The predicted molar refractivity (Wildman–Crippen MR) is 80.8 cm³/mol. The van der Waals surface area contributed by atoms with E-state index in [-0.39, 0.29) is 11.9 Å². The summed E-state index contributed by atoms with van der Waals surface area (Å²) in [5.74, 6) is 2.07. The molecular formula is C14H24N4OS. The number of amides is 1. The molecule has 0 bridgehead atoms. The number of carbonyl (C=O) groups is 1. The second-order valence-corrected chi connectivity index (χ2v) is 6.69. The van der Waals surface area contributed by atoms with Crippen LogP contribution >= 0.6 is 11.8 Å². The van der Waals surface area contributed by atoms with Gasteiger partial charge in [0.1, 0.15) is 5.82 Å². The quantitative estimate of drug-likeness (QED) is 0.848. The van der Waals surface area contributed by atoms with Crippen molar-refractivity contribution in [2.45, 2.75) is 63.1 Å². The molecular weight excluding hydrogens is 272 g/mol. The lowest BCUT2D eigenvalue weighted by Crippen LogP contribution is -2.31. The first-order valence-corrected chi connectivity index (χ1v) is 8.38. The van der Waals surface area contributed by atoms with Crippen LogP contribution in [0.2, 0.25) is 0 Å². The molecule has 1 aliphatic rings. The second kappa shape index (κ2) is 7.11. The topological polar surface area (TPSA) is 59.8 Å². The lowest BCUT2D eigenvalue weighted by molar-refractivity contribution is -0.119. The average molecular weight is 296 g/mol. The Morgan fingerprint density at radius 3 is 2.70 bits per heavy atom. The first kappa shape index (κ1) is 15.4. The van der Waals surface area contributed by atoms with Gasteiger partial charge in [0.15, 0.2) is 5.16 Å². The van der Waals surface area contributed by atoms with Gasteiger partial charge in [-0.3, -0.25) is 4.79 Å². The fraction of sp³-hybridized carbons (Fsp3) is 0.786. The van der Waals surface area contributed by atoms with Gasteiger partial charge in [0, 0.05) is 19.0 Å². The molecule has 0 saturated heterocycles. The van der Waals surface area contributed by atoms with Gasteiger partial charge in [0.05, 0.1) is 5.75 Å². The van der Waals surface area contributed by atoms with Crippen LogP contribution in [0.25, 0.3) is 0 Å². The number of rotatable bonds is 5. The molecule has 0 atom stereocenters. The number of thioether (sulfide) groups is 1. The molecule has 2 rings (SSSR count). The fourth-order valence-corrected chi connectivity index (χ4v) is 3.39. The Morgan fingerprint density at radius 1 is 1.35 bits per heavy atom. The van der Waals surface area contributed by atoms with Gasteiger partial charge in [-0.2, -0.15) is 0 Å². The van der Waals surface area contributed by atoms with E-state index in [0.717, 1.165) is 11.0 Å². The van der Waals surface area contributed by atoms with Gasteiger partial charge < -0.3 is 9.88 Å². The van der Waals surface area contributed by atoms with Crippen LogP contribution in [-0.4, -0.2) is 32.5 Å². The number of nitrogens with zero attached hydrogens (tertiary/aromatic N) is 3. The van der Waals surface area contributed by atoms with Gasteiger partial charge in [-0.25, -0.2) is 0 Å². The summed E-state index contributed by atoms with van der Waals surface area (Å²) in [6.07, 6.45) is 6.34. The minimum absolute atomic E-state index is 0.0483. The lowest BCUT2D eigenvalue weighted by atomic mass is 9.89. The normalized spacial score (nSPS) is 16.6. The zero-order chi connectivity index (χ0) is 14.5. The Hall–Kier alpha value is -1.04. The monoisotopic (exact) mass is 296 g/mol.